The number of hydrogen-bond donors (Lipinski definition) is 1. The summed E-state index contributed by atoms with van der Waals surface area (Å²) in [5.74, 6) is 2.33. The summed E-state index contributed by atoms with van der Waals surface area (Å²) in [4.78, 5) is 0. The van der Waals surface area contributed by atoms with Gasteiger partial charge in [-0.3, -0.25) is 5.10 Å². The zero-order valence-electron chi connectivity index (χ0n) is 9.90. The first-order chi connectivity index (χ1) is 7.76. The smallest absolute Gasteiger partial charge is 0.195 e. The second-order valence-electron chi connectivity index (χ2n) is 4.21. The SMILES string of the molecule is CCSC1CCC(n2c(CC)n[nH]c2=S)C1. The Labute approximate surface area is 106 Å². The third kappa shape index (κ3) is 2.35. The number of H-pyrrole nitrogens is 1. The predicted octanol–water partition coefficient (Wildman–Crippen LogP) is 3.35. The Bertz CT molecular complexity index is 396. The van der Waals surface area contributed by atoms with Gasteiger partial charge in [-0.15, -0.1) is 0 Å². The molecule has 1 aromatic rings. The van der Waals surface area contributed by atoms with Gasteiger partial charge < -0.3 is 4.57 Å². The monoisotopic (exact) mass is 257 g/mol. The van der Waals surface area contributed by atoms with E-state index >= 15 is 0 Å². The van der Waals surface area contributed by atoms with Crippen LogP contribution in [0.25, 0.3) is 0 Å². The molecule has 1 saturated carbocycles. The Morgan fingerprint density at radius 3 is 3.00 bits per heavy atom. The summed E-state index contributed by atoms with van der Waals surface area (Å²) in [5.41, 5.74) is 0. The second-order valence-corrected chi connectivity index (χ2v) is 6.18. The van der Waals surface area contributed by atoms with Gasteiger partial charge in [0.15, 0.2) is 4.77 Å². The van der Waals surface area contributed by atoms with Crippen LogP contribution in [-0.2, 0) is 6.42 Å². The fourth-order valence-corrected chi connectivity index (χ4v) is 3.93. The molecule has 0 spiro atoms. The van der Waals surface area contributed by atoms with Crippen molar-refractivity contribution < 1.29 is 0 Å². The molecule has 0 saturated heterocycles. The van der Waals surface area contributed by atoms with Gasteiger partial charge in [-0.25, -0.2) is 0 Å². The van der Waals surface area contributed by atoms with Gasteiger partial charge in [-0.05, 0) is 37.2 Å². The number of nitrogens with zero attached hydrogens (tertiary/aromatic N) is 2. The molecular formula is C11H19N3S2. The number of rotatable bonds is 4. The molecule has 3 nitrogen and oxygen atoms in total. The fourth-order valence-electron chi connectivity index (χ4n) is 2.50. The Morgan fingerprint density at radius 2 is 2.31 bits per heavy atom. The van der Waals surface area contributed by atoms with Crippen molar-refractivity contribution >= 4 is 24.0 Å². The maximum absolute atomic E-state index is 5.32. The second kappa shape index (κ2) is 5.36. The van der Waals surface area contributed by atoms with Gasteiger partial charge in [0.05, 0.1) is 0 Å². The summed E-state index contributed by atoms with van der Waals surface area (Å²) in [6.45, 7) is 4.37. The molecule has 2 rings (SSSR count). The van der Waals surface area contributed by atoms with E-state index in [2.05, 4.69) is 40.4 Å². The maximum Gasteiger partial charge on any atom is 0.195 e. The van der Waals surface area contributed by atoms with Crippen molar-refractivity contribution in [2.45, 2.75) is 50.8 Å². The molecule has 5 heteroatoms. The van der Waals surface area contributed by atoms with Crippen molar-refractivity contribution in [3.63, 3.8) is 0 Å². The van der Waals surface area contributed by atoms with Crippen molar-refractivity contribution in [2.24, 2.45) is 0 Å². The highest BCUT2D eigenvalue weighted by molar-refractivity contribution is 7.99. The van der Waals surface area contributed by atoms with E-state index in [0.717, 1.165) is 22.3 Å². The van der Waals surface area contributed by atoms with Crippen LogP contribution in [0.4, 0.5) is 0 Å². The molecule has 0 amide bonds. The molecule has 1 aliphatic rings. The largest absolute Gasteiger partial charge is 0.301 e. The lowest BCUT2D eigenvalue weighted by Gasteiger charge is -2.14. The van der Waals surface area contributed by atoms with Gasteiger partial charge in [0.25, 0.3) is 0 Å². The van der Waals surface area contributed by atoms with Crippen molar-refractivity contribution in [3.8, 4) is 0 Å². The molecule has 0 aromatic carbocycles. The summed E-state index contributed by atoms with van der Waals surface area (Å²) < 4.78 is 3.04. The van der Waals surface area contributed by atoms with Crippen LogP contribution in [0.3, 0.4) is 0 Å². The van der Waals surface area contributed by atoms with E-state index in [0.29, 0.717) is 6.04 Å². The van der Waals surface area contributed by atoms with Crippen LogP contribution in [0.1, 0.15) is 45.0 Å². The molecule has 1 N–H and O–H groups in total. The van der Waals surface area contributed by atoms with Gasteiger partial charge >= 0.3 is 0 Å². The van der Waals surface area contributed by atoms with Crippen LogP contribution in [0, 0.1) is 4.77 Å². The lowest BCUT2D eigenvalue weighted by Crippen LogP contribution is -2.10. The van der Waals surface area contributed by atoms with E-state index in [1.165, 1.54) is 25.0 Å². The summed E-state index contributed by atoms with van der Waals surface area (Å²) >= 11 is 7.40. The summed E-state index contributed by atoms with van der Waals surface area (Å²) in [5, 5.41) is 8.03. The van der Waals surface area contributed by atoms with Crippen molar-refractivity contribution in [1.29, 1.82) is 0 Å². The molecule has 0 radical (unpaired) electrons. The molecule has 1 heterocycles. The van der Waals surface area contributed by atoms with Gasteiger partial charge in [0.1, 0.15) is 5.82 Å². The molecule has 90 valence electrons. The first-order valence-electron chi connectivity index (χ1n) is 6.03. The lowest BCUT2D eigenvalue weighted by molar-refractivity contribution is 0.494. The molecule has 0 aliphatic heterocycles. The van der Waals surface area contributed by atoms with Crippen molar-refractivity contribution in [1.82, 2.24) is 14.8 Å². The number of aromatic nitrogens is 3. The van der Waals surface area contributed by atoms with Crippen LogP contribution >= 0.6 is 24.0 Å². The van der Waals surface area contributed by atoms with Gasteiger partial charge in [-0.1, -0.05) is 13.8 Å². The minimum Gasteiger partial charge on any atom is -0.301 e. The third-order valence-corrected chi connectivity index (χ3v) is 4.74. The minimum absolute atomic E-state index is 0.574. The average molecular weight is 257 g/mol. The Kier molecular flexibility index (Phi) is 4.08. The Morgan fingerprint density at radius 1 is 1.50 bits per heavy atom. The Hall–Kier alpha value is -0.290. The van der Waals surface area contributed by atoms with Gasteiger partial charge in [0, 0.05) is 17.7 Å². The topological polar surface area (TPSA) is 33.6 Å². The van der Waals surface area contributed by atoms with Crippen LogP contribution < -0.4 is 0 Å². The summed E-state index contributed by atoms with van der Waals surface area (Å²) in [7, 11) is 0. The minimum atomic E-state index is 0.574. The van der Waals surface area contributed by atoms with E-state index in [4.69, 9.17) is 12.2 Å². The highest BCUT2D eigenvalue weighted by atomic mass is 32.2. The zero-order valence-corrected chi connectivity index (χ0v) is 11.5. The quantitative estimate of drug-likeness (QED) is 0.840. The molecule has 2 atom stereocenters. The predicted molar refractivity (Wildman–Crippen MR) is 71.6 cm³/mol. The van der Waals surface area contributed by atoms with E-state index in [1.54, 1.807) is 0 Å². The standard InChI is InChI=1S/C11H19N3S2/c1-3-10-12-13-11(15)14(10)8-5-6-9(7-8)16-4-2/h8-9H,3-7H2,1-2H3,(H,13,15). The normalized spacial score (nSPS) is 25.1. The van der Waals surface area contributed by atoms with Crippen LogP contribution in [0.15, 0.2) is 0 Å². The number of nitrogens with one attached hydrogen (secondary N) is 1. The van der Waals surface area contributed by atoms with E-state index in [9.17, 15) is 0 Å². The highest BCUT2D eigenvalue weighted by Crippen LogP contribution is 2.37. The van der Waals surface area contributed by atoms with E-state index in [-0.39, 0.29) is 0 Å². The fraction of sp³-hybridized carbons (Fsp3) is 0.818. The zero-order chi connectivity index (χ0) is 11.5. The lowest BCUT2D eigenvalue weighted by atomic mass is 10.2. The average Bonchev–Trinajstić information content (AvgIpc) is 2.85. The van der Waals surface area contributed by atoms with E-state index in [1.807, 2.05) is 0 Å². The number of aromatic amines is 1. The highest BCUT2D eigenvalue weighted by Gasteiger charge is 2.27. The molecule has 1 fully saturated rings. The Balaban J connectivity index is 2.13. The van der Waals surface area contributed by atoms with Gasteiger partial charge in [0.2, 0.25) is 0 Å². The maximum atomic E-state index is 5.32. The molecular weight excluding hydrogens is 238 g/mol. The molecule has 1 aromatic heterocycles. The first-order valence-corrected chi connectivity index (χ1v) is 7.49. The number of thioether (sulfide) groups is 1. The van der Waals surface area contributed by atoms with Crippen LogP contribution in [0.5, 0.6) is 0 Å². The molecule has 1 aliphatic carbocycles. The van der Waals surface area contributed by atoms with Crippen molar-refractivity contribution in [3.05, 3.63) is 10.6 Å². The van der Waals surface area contributed by atoms with Gasteiger partial charge in [-0.2, -0.15) is 16.9 Å². The molecule has 2 unspecified atom stereocenters. The van der Waals surface area contributed by atoms with Crippen molar-refractivity contribution in [2.75, 3.05) is 5.75 Å². The first kappa shape index (κ1) is 12.2. The number of hydrogen-bond acceptors (Lipinski definition) is 3. The number of aryl methyl sites for hydroxylation is 1. The van der Waals surface area contributed by atoms with Crippen LogP contribution in [0.2, 0.25) is 0 Å². The molecule has 16 heavy (non-hydrogen) atoms. The molecule has 0 bridgehead atoms. The third-order valence-electron chi connectivity index (χ3n) is 3.22. The van der Waals surface area contributed by atoms with Crippen LogP contribution in [-0.4, -0.2) is 25.8 Å². The summed E-state index contributed by atoms with van der Waals surface area (Å²) in [6.07, 6.45) is 4.77. The van der Waals surface area contributed by atoms with E-state index < -0.39 is 0 Å². The summed E-state index contributed by atoms with van der Waals surface area (Å²) in [6, 6.07) is 0.574.